The monoisotopic (exact) mass is 354 g/mol. The third-order valence-corrected chi connectivity index (χ3v) is 6.73. The van der Waals surface area contributed by atoms with Crippen LogP contribution in [0, 0.1) is 22.6 Å². The number of fused-ring (bicyclic) bond motifs is 2. The molecule has 0 spiro atoms. The number of carbonyl (C=O) groups excluding carboxylic acids is 1. The van der Waals surface area contributed by atoms with Gasteiger partial charge in [0.1, 0.15) is 11.9 Å². The van der Waals surface area contributed by atoms with Crippen LogP contribution in [0.2, 0.25) is 0 Å². The minimum Gasteiger partial charge on any atom is -0.458 e. The first-order valence-electron chi connectivity index (χ1n) is 7.42. The first-order chi connectivity index (χ1) is 9.75. The van der Waals surface area contributed by atoms with Crippen molar-refractivity contribution >= 4 is 21.9 Å². The van der Waals surface area contributed by atoms with Crippen LogP contribution in [0.3, 0.4) is 0 Å². The van der Waals surface area contributed by atoms with Gasteiger partial charge in [0.15, 0.2) is 0 Å². The summed E-state index contributed by atoms with van der Waals surface area (Å²) >= 11 is 3.11. The number of esters is 1. The zero-order chi connectivity index (χ0) is 15.4. The van der Waals surface area contributed by atoms with Gasteiger partial charge in [-0.15, -0.1) is 0 Å². The smallest absolute Gasteiger partial charge is 0.338 e. The van der Waals surface area contributed by atoms with E-state index in [1.807, 2.05) is 0 Å². The first-order valence-corrected chi connectivity index (χ1v) is 8.21. The van der Waals surface area contributed by atoms with E-state index in [1.54, 1.807) is 0 Å². The molecule has 0 amide bonds. The molecule has 2 bridgehead atoms. The second kappa shape index (κ2) is 4.80. The fraction of sp³-hybridized carbons (Fsp3) is 0.588. The normalized spacial score (nSPS) is 33.2. The van der Waals surface area contributed by atoms with Crippen molar-refractivity contribution in [3.05, 3.63) is 34.1 Å². The van der Waals surface area contributed by atoms with Gasteiger partial charge in [0.2, 0.25) is 0 Å². The number of carbonyl (C=O) groups is 1. The molecule has 2 aliphatic carbocycles. The molecule has 1 aromatic carbocycles. The zero-order valence-electron chi connectivity index (χ0n) is 12.6. The van der Waals surface area contributed by atoms with Gasteiger partial charge in [0, 0.05) is 5.41 Å². The van der Waals surface area contributed by atoms with E-state index >= 15 is 0 Å². The van der Waals surface area contributed by atoms with E-state index in [9.17, 15) is 9.18 Å². The number of halogens is 2. The highest BCUT2D eigenvalue weighted by molar-refractivity contribution is 9.10. The maximum atomic E-state index is 13.3. The minimum absolute atomic E-state index is 0.0393. The van der Waals surface area contributed by atoms with Crippen LogP contribution in [0.5, 0.6) is 0 Å². The van der Waals surface area contributed by atoms with Gasteiger partial charge in [-0.3, -0.25) is 0 Å². The molecule has 0 heterocycles. The Bertz CT molecular complexity index is 598. The van der Waals surface area contributed by atoms with E-state index in [0.29, 0.717) is 11.5 Å². The highest BCUT2D eigenvalue weighted by atomic mass is 79.9. The van der Waals surface area contributed by atoms with Gasteiger partial charge in [0.25, 0.3) is 0 Å². The van der Waals surface area contributed by atoms with Gasteiger partial charge in [0.05, 0.1) is 10.0 Å². The summed E-state index contributed by atoms with van der Waals surface area (Å²) in [6.45, 7) is 6.80. The SMILES string of the molecule is CC1(C)C2CCC1(C)C(OC(=O)c1ccc(F)c(Br)c1)C2. The molecule has 3 unspecified atom stereocenters. The van der Waals surface area contributed by atoms with Crippen LogP contribution >= 0.6 is 15.9 Å². The average Bonchev–Trinajstić information content (AvgIpc) is 2.75. The molecular formula is C17H20BrFO2. The lowest BCUT2D eigenvalue weighted by Crippen LogP contribution is -2.38. The van der Waals surface area contributed by atoms with Crippen molar-refractivity contribution in [2.45, 2.75) is 46.1 Å². The van der Waals surface area contributed by atoms with Crippen molar-refractivity contribution in [2.24, 2.45) is 16.7 Å². The minimum atomic E-state index is -0.375. The Balaban J connectivity index is 1.79. The topological polar surface area (TPSA) is 26.3 Å². The summed E-state index contributed by atoms with van der Waals surface area (Å²) in [5.74, 6) is -0.106. The van der Waals surface area contributed by atoms with Crippen molar-refractivity contribution in [3.63, 3.8) is 0 Å². The predicted octanol–water partition coefficient (Wildman–Crippen LogP) is 4.96. The lowest BCUT2D eigenvalue weighted by Gasteiger charge is -2.38. The number of ether oxygens (including phenoxy) is 1. The number of hydrogen-bond donors (Lipinski definition) is 0. The van der Waals surface area contributed by atoms with Crippen molar-refractivity contribution < 1.29 is 13.9 Å². The van der Waals surface area contributed by atoms with Gasteiger partial charge in [-0.25, -0.2) is 9.18 Å². The molecule has 0 radical (unpaired) electrons. The number of benzene rings is 1. The molecule has 2 fully saturated rings. The van der Waals surface area contributed by atoms with Crippen molar-refractivity contribution in [1.29, 1.82) is 0 Å². The molecule has 21 heavy (non-hydrogen) atoms. The van der Waals surface area contributed by atoms with E-state index in [-0.39, 0.29) is 33.2 Å². The van der Waals surface area contributed by atoms with Crippen LogP contribution in [0.1, 0.15) is 50.4 Å². The lowest BCUT2D eigenvalue weighted by molar-refractivity contribution is -0.0242. The third kappa shape index (κ3) is 2.14. The summed E-state index contributed by atoms with van der Waals surface area (Å²) in [5, 5.41) is 0. The summed E-state index contributed by atoms with van der Waals surface area (Å²) in [6, 6.07) is 4.24. The molecule has 2 nitrogen and oxygen atoms in total. The quantitative estimate of drug-likeness (QED) is 0.701. The number of rotatable bonds is 2. The zero-order valence-corrected chi connectivity index (χ0v) is 14.2. The third-order valence-electron chi connectivity index (χ3n) is 6.12. The molecule has 4 heteroatoms. The van der Waals surface area contributed by atoms with Crippen molar-refractivity contribution in [1.82, 2.24) is 0 Å². The Morgan fingerprint density at radius 1 is 1.38 bits per heavy atom. The van der Waals surface area contributed by atoms with Crippen molar-refractivity contribution in [3.8, 4) is 0 Å². The molecule has 0 saturated heterocycles. The Labute approximate surface area is 133 Å². The summed E-state index contributed by atoms with van der Waals surface area (Å²) in [4.78, 5) is 12.3. The molecule has 1 aromatic rings. The van der Waals surface area contributed by atoms with Crippen LogP contribution in [0.15, 0.2) is 22.7 Å². The Hall–Kier alpha value is -0.900. The molecule has 0 N–H and O–H groups in total. The summed E-state index contributed by atoms with van der Waals surface area (Å²) in [6.07, 6.45) is 3.23. The van der Waals surface area contributed by atoms with Crippen LogP contribution in [0.4, 0.5) is 4.39 Å². The Kier molecular flexibility index (Phi) is 3.43. The summed E-state index contributed by atoms with van der Waals surface area (Å²) < 4.78 is 19.3. The second-order valence-electron chi connectivity index (χ2n) is 7.13. The van der Waals surface area contributed by atoms with E-state index in [4.69, 9.17) is 4.74 Å². The lowest BCUT2D eigenvalue weighted by atomic mass is 9.70. The standard InChI is InChI=1S/C17H20BrFO2/c1-16(2)11-6-7-17(16,3)14(9-11)21-15(20)10-4-5-13(19)12(18)8-10/h4-5,8,11,14H,6-7,9H2,1-3H3. The van der Waals surface area contributed by atoms with Gasteiger partial charge in [-0.2, -0.15) is 0 Å². The van der Waals surface area contributed by atoms with Crippen LogP contribution in [-0.2, 0) is 4.74 Å². The fourth-order valence-electron chi connectivity index (χ4n) is 4.13. The van der Waals surface area contributed by atoms with E-state index in [1.165, 1.54) is 24.6 Å². The molecular weight excluding hydrogens is 335 g/mol. The first kappa shape index (κ1) is 15.0. The maximum absolute atomic E-state index is 13.3. The fourth-order valence-corrected chi connectivity index (χ4v) is 4.51. The molecule has 0 aromatic heterocycles. The predicted molar refractivity (Wildman–Crippen MR) is 82.5 cm³/mol. The highest BCUT2D eigenvalue weighted by Crippen LogP contribution is 2.66. The van der Waals surface area contributed by atoms with Gasteiger partial charge in [-0.1, -0.05) is 20.8 Å². The molecule has 114 valence electrons. The van der Waals surface area contributed by atoms with Gasteiger partial charge < -0.3 is 4.74 Å². The van der Waals surface area contributed by atoms with E-state index in [0.717, 1.165) is 12.8 Å². The number of hydrogen-bond acceptors (Lipinski definition) is 2. The summed E-state index contributed by atoms with van der Waals surface area (Å²) in [5.41, 5.74) is 0.652. The van der Waals surface area contributed by atoms with Gasteiger partial charge in [-0.05, 0) is 64.7 Å². The van der Waals surface area contributed by atoms with Crippen LogP contribution in [0.25, 0.3) is 0 Å². The van der Waals surface area contributed by atoms with Crippen LogP contribution in [-0.4, -0.2) is 12.1 Å². The molecule has 3 rings (SSSR count). The molecule has 3 atom stereocenters. The Morgan fingerprint density at radius 2 is 2.10 bits per heavy atom. The van der Waals surface area contributed by atoms with E-state index < -0.39 is 0 Å². The summed E-state index contributed by atoms with van der Waals surface area (Å²) in [7, 11) is 0. The molecule has 0 aliphatic heterocycles. The van der Waals surface area contributed by atoms with Crippen molar-refractivity contribution in [2.75, 3.05) is 0 Å². The Morgan fingerprint density at radius 3 is 2.62 bits per heavy atom. The van der Waals surface area contributed by atoms with Gasteiger partial charge >= 0.3 is 5.97 Å². The maximum Gasteiger partial charge on any atom is 0.338 e. The highest BCUT2D eigenvalue weighted by Gasteiger charge is 2.62. The molecule has 2 saturated carbocycles. The van der Waals surface area contributed by atoms with E-state index in [2.05, 4.69) is 36.7 Å². The largest absolute Gasteiger partial charge is 0.458 e. The molecule has 2 aliphatic rings. The average molecular weight is 355 g/mol. The van der Waals surface area contributed by atoms with Crippen LogP contribution < -0.4 is 0 Å². The second-order valence-corrected chi connectivity index (χ2v) is 7.99.